The maximum Gasteiger partial charge on any atom is 0.252 e. The van der Waals surface area contributed by atoms with Gasteiger partial charge in [-0.3, -0.25) is 0 Å². The van der Waals surface area contributed by atoms with Crippen molar-refractivity contribution in [3.05, 3.63) is 24.6 Å². The molecule has 0 spiro atoms. The second-order valence-corrected chi connectivity index (χ2v) is 1.58. The van der Waals surface area contributed by atoms with E-state index in [0.717, 1.165) is 0 Å². The van der Waals surface area contributed by atoms with Crippen LogP contribution in [0.2, 0.25) is 0 Å². The number of hydrogen-bond acceptors (Lipinski definition) is 2. The van der Waals surface area contributed by atoms with Crippen LogP contribution in [0.25, 0.3) is 0 Å². The van der Waals surface area contributed by atoms with Crippen LogP contribution in [-0.4, -0.2) is 5.23 Å². The van der Waals surface area contributed by atoms with Crippen molar-refractivity contribution >= 4 is 17.9 Å². The van der Waals surface area contributed by atoms with Crippen LogP contribution in [0.4, 0.5) is 0 Å². The van der Waals surface area contributed by atoms with Crippen LogP contribution in [0.1, 0.15) is 0 Å². The quantitative estimate of drug-likeness (QED) is 0.487. The lowest BCUT2D eigenvalue weighted by molar-refractivity contribution is 0.489. The van der Waals surface area contributed by atoms with Crippen molar-refractivity contribution in [2.45, 2.75) is 0 Å². The molecule has 3 heteroatoms. The molecule has 0 fully saturated rings. The highest BCUT2D eigenvalue weighted by Crippen LogP contribution is 1.94. The first kappa shape index (κ1) is 5.44. The Morgan fingerprint density at radius 3 is 3.25 bits per heavy atom. The van der Waals surface area contributed by atoms with Crippen molar-refractivity contribution in [3.63, 3.8) is 0 Å². The number of thiol groups is 1. The summed E-state index contributed by atoms with van der Waals surface area (Å²) in [5, 5.41) is 0.370. The van der Waals surface area contributed by atoms with E-state index in [2.05, 4.69) is 17.6 Å². The summed E-state index contributed by atoms with van der Waals surface area (Å²) in [6.07, 6.45) is 6.65. The minimum Gasteiger partial charge on any atom is -0.442 e. The van der Waals surface area contributed by atoms with E-state index in [1.165, 1.54) is 6.26 Å². The van der Waals surface area contributed by atoms with Gasteiger partial charge in [-0.25, -0.2) is 4.99 Å². The lowest BCUT2D eigenvalue weighted by atomic mass is 10.6. The molecule has 2 nitrogen and oxygen atoms in total. The number of allylic oxidation sites excluding steroid dienone is 2. The van der Waals surface area contributed by atoms with E-state index in [0.29, 0.717) is 5.23 Å². The van der Waals surface area contributed by atoms with Gasteiger partial charge in [-0.15, -0.1) is 0 Å². The molecule has 0 atom stereocenters. The van der Waals surface area contributed by atoms with Crippen molar-refractivity contribution in [1.29, 1.82) is 0 Å². The van der Waals surface area contributed by atoms with Gasteiger partial charge in [-0.1, -0.05) is 12.6 Å². The number of ether oxygens (including phenoxy) is 1. The first-order chi connectivity index (χ1) is 3.89. The summed E-state index contributed by atoms with van der Waals surface area (Å²) in [5.74, 6) is 0. The molecule has 0 amide bonds. The molecular formula is C5H5NOS. The molecule has 0 aromatic carbocycles. The van der Waals surface area contributed by atoms with Crippen LogP contribution >= 0.6 is 12.6 Å². The summed E-state index contributed by atoms with van der Waals surface area (Å²) in [4.78, 5) is 3.74. The molecule has 0 aromatic heterocycles. The van der Waals surface area contributed by atoms with Gasteiger partial charge in [0.05, 0.1) is 6.26 Å². The molecule has 0 N–H and O–H groups in total. The van der Waals surface area contributed by atoms with Crippen LogP contribution in [0.15, 0.2) is 29.6 Å². The van der Waals surface area contributed by atoms with E-state index in [9.17, 15) is 0 Å². The second kappa shape index (κ2) is 2.57. The third kappa shape index (κ3) is 1.42. The highest BCUT2D eigenvalue weighted by Gasteiger charge is 1.85. The smallest absolute Gasteiger partial charge is 0.252 e. The summed E-state index contributed by atoms with van der Waals surface area (Å²) < 4.78 is 4.77. The van der Waals surface area contributed by atoms with Gasteiger partial charge in [0.25, 0.3) is 5.23 Å². The Kier molecular flexibility index (Phi) is 1.75. The standard InChI is InChI=1S/C5H5NOS/c8-5-6-3-1-2-4-7-5/h1-4H,(H,6,8). The van der Waals surface area contributed by atoms with Gasteiger partial charge in [0.2, 0.25) is 0 Å². The summed E-state index contributed by atoms with van der Waals surface area (Å²) >= 11 is 3.86. The Bertz CT molecular complexity index is 160. The summed E-state index contributed by atoms with van der Waals surface area (Å²) in [5.41, 5.74) is 0. The largest absolute Gasteiger partial charge is 0.442 e. The third-order valence-corrected chi connectivity index (χ3v) is 0.855. The van der Waals surface area contributed by atoms with Gasteiger partial charge in [0.15, 0.2) is 0 Å². The minimum atomic E-state index is 0.370. The summed E-state index contributed by atoms with van der Waals surface area (Å²) in [6.45, 7) is 0. The maximum absolute atomic E-state index is 4.77. The Balaban J connectivity index is 2.69. The van der Waals surface area contributed by atoms with E-state index in [1.54, 1.807) is 18.4 Å². The van der Waals surface area contributed by atoms with Gasteiger partial charge in [0.1, 0.15) is 0 Å². The highest BCUT2D eigenvalue weighted by molar-refractivity contribution is 7.96. The first-order valence-corrected chi connectivity index (χ1v) is 2.59. The minimum absolute atomic E-state index is 0.370. The van der Waals surface area contributed by atoms with Gasteiger partial charge >= 0.3 is 0 Å². The molecule has 0 saturated heterocycles. The molecule has 1 heterocycles. The topological polar surface area (TPSA) is 21.6 Å². The SMILES string of the molecule is SC1=NC=CC=CO1. The third-order valence-electron chi connectivity index (χ3n) is 0.634. The van der Waals surface area contributed by atoms with Crippen LogP contribution < -0.4 is 0 Å². The van der Waals surface area contributed by atoms with E-state index in [1.807, 2.05) is 0 Å². The fourth-order valence-corrected chi connectivity index (χ4v) is 0.460. The van der Waals surface area contributed by atoms with Crippen LogP contribution in [0.3, 0.4) is 0 Å². The van der Waals surface area contributed by atoms with Crippen molar-refractivity contribution in [2.24, 2.45) is 4.99 Å². The molecule has 0 bridgehead atoms. The van der Waals surface area contributed by atoms with Gasteiger partial charge < -0.3 is 4.74 Å². The molecule has 0 aliphatic carbocycles. The molecule has 42 valence electrons. The van der Waals surface area contributed by atoms with Crippen molar-refractivity contribution in [1.82, 2.24) is 0 Å². The molecule has 0 unspecified atom stereocenters. The zero-order valence-electron chi connectivity index (χ0n) is 4.11. The maximum atomic E-state index is 4.77. The van der Waals surface area contributed by atoms with E-state index < -0.39 is 0 Å². The molecule has 1 rings (SSSR count). The molecule has 1 aliphatic heterocycles. The predicted molar refractivity (Wildman–Crippen MR) is 35.8 cm³/mol. The monoisotopic (exact) mass is 127 g/mol. The average Bonchev–Trinajstić information content (AvgIpc) is 1.94. The lowest BCUT2D eigenvalue weighted by Crippen LogP contribution is -1.84. The van der Waals surface area contributed by atoms with Crippen LogP contribution in [0.5, 0.6) is 0 Å². The predicted octanol–water partition coefficient (Wildman–Crippen LogP) is 1.33. The van der Waals surface area contributed by atoms with Crippen LogP contribution in [-0.2, 0) is 4.74 Å². The lowest BCUT2D eigenvalue weighted by Gasteiger charge is -1.89. The number of nitrogens with zero attached hydrogens (tertiary/aromatic N) is 1. The van der Waals surface area contributed by atoms with Gasteiger partial charge in [0, 0.05) is 6.20 Å². The zero-order chi connectivity index (χ0) is 5.82. The van der Waals surface area contributed by atoms with Crippen molar-refractivity contribution < 1.29 is 4.74 Å². The summed E-state index contributed by atoms with van der Waals surface area (Å²) in [7, 11) is 0. The molecule has 0 aromatic rings. The normalized spacial score (nSPS) is 16.9. The van der Waals surface area contributed by atoms with E-state index in [4.69, 9.17) is 4.74 Å². The highest BCUT2D eigenvalue weighted by atomic mass is 32.1. The van der Waals surface area contributed by atoms with Crippen LogP contribution in [0, 0.1) is 0 Å². The Labute approximate surface area is 53.0 Å². The van der Waals surface area contributed by atoms with Gasteiger partial charge in [-0.05, 0) is 12.2 Å². The molecule has 0 radical (unpaired) electrons. The molecule has 8 heavy (non-hydrogen) atoms. The average molecular weight is 127 g/mol. The van der Waals surface area contributed by atoms with Crippen molar-refractivity contribution in [3.8, 4) is 0 Å². The zero-order valence-corrected chi connectivity index (χ0v) is 5.01. The fraction of sp³-hybridized carbons (Fsp3) is 0. The number of hydrogen-bond donors (Lipinski definition) is 1. The molecule has 1 aliphatic rings. The number of rotatable bonds is 0. The molecule has 0 saturated carbocycles. The van der Waals surface area contributed by atoms with Crippen molar-refractivity contribution in [2.75, 3.05) is 0 Å². The second-order valence-electron chi connectivity index (χ2n) is 1.20. The van der Waals surface area contributed by atoms with E-state index in [-0.39, 0.29) is 0 Å². The van der Waals surface area contributed by atoms with E-state index >= 15 is 0 Å². The first-order valence-electron chi connectivity index (χ1n) is 2.15. The van der Waals surface area contributed by atoms with Gasteiger partial charge in [-0.2, -0.15) is 0 Å². The summed E-state index contributed by atoms with van der Waals surface area (Å²) in [6, 6.07) is 0. The fourth-order valence-electron chi connectivity index (χ4n) is 0.332. The Morgan fingerprint density at radius 2 is 2.38 bits per heavy atom. The Morgan fingerprint density at radius 1 is 1.50 bits per heavy atom. The Hall–Kier alpha value is -0.700. The number of aliphatic imine (C=N–C) groups is 1. The molecular weight excluding hydrogens is 122 g/mol.